The minimum atomic E-state index is -0.658. The minimum Gasteiger partial charge on any atom is -0.496 e. The highest BCUT2D eigenvalue weighted by Gasteiger charge is 2.26. The third kappa shape index (κ3) is 6.33. The fraction of sp³-hybridized carbons (Fsp3) is 0.500. The van der Waals surface area contributed by atoms with Gasteiger partial charge in [-0.1, -0.05) is 43.7 Å². The lowest BCUT2D eigenvalue weighted by atomic mass is 9.96. The van der Waals surface area contributed by atoms with E-state index in [2.05, 4.69) is 25.8 Å². The van der Waals surface area contributed by atoms with Gasteiger partial charge in [-0.2, -0.15) is 4.99 Å². The van der Waals surface area contributed by atoms with Crippen LogP contribution < -0.4 is 14.5 Å². The van der Waals surface area contributed by atoms with Crippen LogP contribution in [0, 0.1) is 0 Å². The van der Waals surface area contributed by atoms with Crippen LogP contribution in [0.3, 0.4) is 0 Å². The summed E-state index contributed by atoms with van der Waals surface area (Å²) in [6.07, 6.45) is 1.29. The number of methoxy groups -OCH3 is 1. The lowest BCUT2D eigenvalue weighted by Crippen LogP contribution is -2.47. The van der Waals surface area contributed by atoms with Crippen LogP contribution in [0.15, 0.2) is 29.4 Å². The van der Waals surface area contributed by atoms with Crippen LogP contribution >= 0.6 is 22.9 Å². The molecule has 1 aromatic heterocycles. The average molecular weight is 468 g/mol. The van der Waals surface area contributed by atoms with Crippen LogP contribution in [0.2, 0.25) is 5.02 Å². The number of carbonyl (C=O) groups excluding carboxylic acids is 2. The Morgan fingerprint density at radius 2 is 1.84 bits per heavy atom. The third-order valence-corrected chi connectivity index (χ3v) is 5.76. The van der Waals surface area contributed by atoms with Crippen molar-refractivity contribution >= 4 is 34.9 Å². The van der Waals surface area contributed by atoms with Crippen LogP contribution in [0.4, 0.5) is 4.79 Å². The molecule has 7 nitrogen and oxygen atoms in total. The molecule has 0 radical (unpaired) electrons. The molecule has 31 heavy (non-hydrogen) atoms. The Balaban J connectivity index is 2.64. The summed E-state index contributed by atoms with van der Waals surface area (Å²) < 4.78 is 12.4. The van der Waals surface area contributed by atoms with E-state index in [4.69, 9.17) is 21.1 Å². The largest absolute Gasteiger partial charge is 0.496 e. The predicted molar refractivity (Wildman–Crippen MR) is 124 cm³/mol. The number of nitrogens with zero attached hydrogens (tertiary/aromatic N) is 3. The number of rotatable bonds is 4. The Labute approximate surface area is 192 Å². The van der Waals surface area contributed by atoms with Gasteiger partial charge in [0, 0.05) is 22.6 Å². The van der Waals surface area contributed by atoms with E-state index in [1.54, 1.807) is 37.6 Å². The molecular formula is C22H30ClN3O4S. The van der Waals surface area contributed by atoms with Gasteiger partial charge in [0.1, 0.15) is 11.4 Å². The summed E-state index contributed by atoms with van der Waals surface area (Å²) in [5.41, 5.74) is -0.618. The summed E-state index contributed by atoms with van der Waals surface area (Å²) >= 11 is 7.41. The number of ether oxygens (including phenoxy) is 2. The fourth-order valence-corrected chi connectivity index (χ4v) is 3.81. The van der Waals surface area contributed by atoms with Crippen LogP contribution in [0.25, 0.3) is 0 Å². The van der Waals surface area contributed by atoms with Crippen LogP contribution in [-0.4, -0.2) is 35.9 Å². The van der Waals surface area contributed by atoms with Gasteiger partial charge >= 0.3 is 6.09 Å². The summed E-state index contributed by atoms with van der Waals surface area (Å²) in [4.78, 5) is 31.5. The third-order valence-electron chi connectivity index (χ3n) is 4.13. The van der Waals surface area contributed by atoms with Gasteiger partial charge in [0.2, 0.25) is 4.80 Å². The molecule has 0 spiro atoms. The van der Waals surface area contributed by atoms with Gasteiger partial charge in [-0.15, -0.1) is 0 Å². The first kappa shape index (κ1) is 24.9. The van der Waals surface area contributed by atoms with Crippen LogP contribution in [-0.2, 0) is 10.2 Å². The first-order valence-corrected chi connectivity index (χ1v) is 11.1. The summed E-state index contributed by atoms with van der Waals surface area (Å²) in [6.45, 7) is 13.7. The zero-order valence-electron chi connectivity index (χ0n) is 19.3. The van der Waals surface area contributed by atoms with Gasteiger partial charge in [-0.3, -0.25) is 4.79 Å². The maximum absolute atomic E-state index is 13.0. The molecule has 0 aliphatic carbocycles. The summed E-state index contributed by atoms with van der Waals surface area (Å²) in [6, 6.07) is 4.77. The van der Waals surface area contributed by atoms with E-state index >= 15 is 0 Å². The average Bonchev–Trinajstić information content (AvgIpc) is 3.04. The van der Waals surface area contributed by atoms with E-state index in [1.165, 1.54) is 29.5 Å². The van der Waals surface area contributed by atoms with Gasteiger partial charge in [-0.25, -0.2) is 14.5 Å². The second kappa shape index (κ2) is 9.44. The lowest BCUT2D eigenvalue weighted by molar-refractivity contribution is 0.0538. The Hall–Kier alpha value is -2.32. The summed E-state index contributed by atoms with van der Waals surface area (Å²) in [5.74, 6) is -0.146. The maximum atomic E-state index is 13.0. The van der Waals surface area contributed by atoms with Crippen molar-refractivity contribution in [3.63, 3.8) is 0 Å². The van der Waals surface area contributed by atoms with Crippen LogP contribution in [0.1, 0.15) is 63.7 Å². The van der Waals surface area contributed by atoms with E-state index in [-0.39, 0.29) is 11.0 Å². The fourth-order valence-electron chi connectivity index (χ4n) is 2.61. The second-order valence-electron chi connectivity index (χ2n) is 8.93. The van der Waals surface area contributed by atoms with Crippen LogP contribution in [0.5, 0.6) is 5.75 Å². The number of aromatic nitrogens is 1. The molecule has 0 unspecified atom stereocenters. The molecule has 2 aromatic rings. The van der Waals surface area contributed by atoms with Crippen molar-refractivity contribution in [2.75, 3.05) is 18.7 Å². The smallest absolute Gasteiger partial charge is 0.429 e. The first-order valence-electron chi connectivity index (χ1n) is 9.93. The monoisotopic (exact) mass is 467 g/mol. The highest BCUT2D eigenvalue weighted by molar-refractivity contribution is 7.09. The van der Waals surface area contributed by atoms with E-state index in [9.17, 15) is 9.59 Å². The number of hydrogen-bond acceptors (Lipinski definition) is 5. The number of benzene rings is 1. The van der Waals surface area contributed by atoms with Gasteiger partial charge in [0.05, 0.1) is 12.7 Å². The molecule has 0 atom stereocenters. The zero-order chi connectivity index (χ0) is 23.6. The molecule has 170 valence electrons. The van der Waals surface area contributed by atoms with Crippen molar-refractivity contribution < 1.29 is 19.1 Å². The minimum absolute atomic E-state index is 0.204. The highest BCUT2D eigenvalue weighted by atomic mass is 35.5. The van der Waals surface area contributed by atoms with Crippen molar-refractivity contribution in [1.29, 1.82) is 0 Å². The van der Waals surface area contributed by atoms with E-state index < -0.39 is 17.6 Å². The van der Waals surface area contributed by atoms with Crippen molar-refractivity contribution in [2.45, 2.75) is 59.5 Å². The Morgan fingerprint density at radius 1 is 1.19 bits per heavy atom. The number of thiazole rings is 1. The molecule has 2 rings (SSSR count). The summed E-state index contributed by atoms with van der Waals surface area (Å²) in [5, 5.41) is 1.82. The maximum Gasteiger partial charge on any atom is 0.429 e. The molecule has 0 bridgehead atoms. The SMILES string of the molecule is CCN(C(=O)OC(C)(C)C)n1cc(C(C)(C)C)sc1=NC(=O)c1cc(Cl)ccc1OC. The quantitative estimate of drug-likeness (QED) is 0.623. The van der Waals surface area contributed by atoms with Gasteiger partial charge in [0.15, 0.2) is 0 Å². The summed E-state index contributed by atoms with van der Waals surface area (Å²) in [7, 11) is 1.48. The number of carbonyl (C=O) groups is 2. The topological polar surface area (TPSA) is 73.1 Å². The molecule has 1 aromatic carbocycles. The first-order chi connectivity index (χ1) is 14.3. The standard InChI is InChI=1S/C22H30ClN3O4S/c1-9-25(20(28)30-22(5,6)7)26-13-17(21(2,3)4)31-19(26)24-18(27)15-12-14(23)10-11-16(15)29-8/h10-13H,9H2,1-8H3. The molecule has 0 fully saturated rings. The van der Waals surface area contributed by atoms with Crippen molar-refractivity contribution in [3.05, 3.63) is 44.7 Å². The van der Waals surface area contributed by atoms with Crippen molar-refractivity contribution in [2.24, 2.45) is 4.99 Å². The van der Waals surface area contributed by atoms with Gasteiger partial charge in [-0.05, 0) is 51.3 Å². The molecule has 9 heteroatoms. The van der Waals surface area contributed by atoms with Gasteiger partial charge in [0.25, 0.3) is 5.91 Å². The predicted octanol–water partition coefficient (Wildman–Crippen LogP) is 5.14. The van der Waals surface area contributed by atoms with E-state index in [0.29, 0.717) is 22.1 Å². The number of hydrogen-bond donors (Lipinski definition) is 0. The normalized spacial score (nSPS) is 12.6. The second-order valence-corrected chi connectivity index (χ2v) is 10.4. The molecule has 0 saturated carbocycles. The number of amides is 2. The Kier molecular flexibility index (Phi) is 7.60. The Morgan fingerprint density at radius 3 is 2.35 bits per heavy atom. The van der Waals surface area contributed by atoms with Crippen molar-refractivity contribution in [1.82, 2.24) is 4.68 Å². The molecule has 2 amide bonds. The molecule has 0 aliphatic heterocycles. The molecule has 0 N–H and O–H groups in total. The number of halogens is 1. The van der Waals surface area contributed by atoms with E-state index in [0.717, 1.165) is 4.88 Å². The Bertz CT molecular complexity index is 1030. The highest BCUT2D eigenvalue weighted by Crippen LogP contribution is 2.26. The lowest BCUT2D eigenvalue weighted by Gasteiger charge is -2.27. The molecule has 1 heterocycles. The molecule has 0 aliphatic rings. The van der Waals surface area contributed by atoms with E-state index in [1.807, 2.05) is 13.1 Å². The molecule has 0 saturated heterocycles. The zero-order valence-corrected chi connectivity index (χ0v) is 20.8. The van der Waals surface area contributed by atoms with Crippen molar-refractivity contribution in [3.8, 4) is 5.75 Å². The van der Waals surface area contributed by atoms with Gasteiger partial charge < -0.3 is 9.47 Å². The molecular weight excluding hydrogens is 438 g/mol.